The molecule has 0 bridgehead atoms. The zero-order valence-corrected chi connectivity index (χ0v) is 28.0. The summed E-state index contributed by atoms with van der Waals surface area (Å²) in [5.74, 6) is 1.66. The van der Waals surface area contributed by atoms with Crippen LogP contribution < -0.4 is 25.2 Å². The molecule has 1 aliphatic carbocycles. The van der Waals surface area contributed by atoms with E-state index in [4.69, 9.17) is 9.72 Å². The Kier molecular flexibility index (Phi) is 9.40. The quantitative estimate of drug-likeness (QED) is 0.379. The number of rotatable bonds is 9. The molecule has 1 saturated heterocycles. The molecule has 2 atom stereocenters. The van der Waals surface area contributed by atoms with E-state index in [1.165, 1.54) is 6.42 Å². The lowest BCUT2D eigenvalue weighted by Crippen LogP contribution is -2.56. The molecule has 1 saturated carbocycles. The van der Waals surface area contributed by atoms with E-state index in [0.29, 0.717) is 42.3 Å². The molecule has 1 unspecified atom stereocenters. The fourth-order valence-corrected chi connectivity index (χ4v) is 7.41. The highest BCUT2D eigenvalue weighted by Gasteiger charge is 2.41. The largest absolute Gasteiger partial charge is 0.485 e. The summed E-state index contributed by atoms with van der Waals surface area (Å²) < 4.78 is 6.40. The summed E-state index contributed by atoms with van der Waals surface area (Å²) >= 11 is 0. The molecule has 3 aliphatic heterocycles. The lowest BCUT2D eigenvalue weighted by Gasteiger charge is -2.45. The average molecular weight is 635 g/mol. The van der Waals surface area contributed by atoms with Crippen LogP contribution in [0.4, 0.5) is 23.1 Å². The van der Waals surface area contributed by atoms with Crippen LogP contribution in [0.2, 0.25) is 0 Å². The Morgan fingerprint density at radius 3 is 2.59 bits per heavy atom. The summed E-state index contributed by atoms with van der Waals surface area (Å²) in [6.45, 7) is 10.6. The fourth-order valence-electron chi connectivity index (χ4n) is 7.41. The van der Waals surface area contributed by atoms with Crippen molar-refractivity contribution in [3.8, 4) is 5.75 Å². The predicted octanol–water partition coefficient (Wildman–Crippen LogP) is 3.17. The van der Waals surface area contributed by atoms with Gasteiger partial charge in [-0.3, -0.25) is 14.5 Å². The van der Waals surface area contributed by atoms with Crippen LogP contribution >= 0.6 is 0 Å². The molecular formula is C34H50N8O4. The molecule has 46 heavy (non-hydrogen) atoms. The van der Waals surface area contributed by atoms with Gasteiger partial charge in [0.25, 0.3) is 5.91 Å². The number of aliphatic hydroxyl groups is 1. The van der Waals surface area contributed by atoms with Crippen molar-refractivity contribution in [3.05, 3.63) is 29.5 Å². The summed E-state index contributed by atoms with van der Waals surface area (Å²) in [7, 11) is 3.91. The molecule has 6 rings (SSSR count). The van der Waals surface area contributed by atoms with E-state index in [9.17, 15) is 14.7 Å². The molecule has 250 valence electrons. The van der Waals surface area contributed by atoms with Gasteiger partial charge in [-0.2, -0.15) is 4.98 Å². The zero-order valence-electron chi connectivity index (χ0n) is 28.0. The van der Waals surface area contributed by atoms with Gasteiger partial charge in [-0.15, -0.1) is 0 Å². The second-order valence-corrected chi connectivity index (χ2v) is 14.0. The third-order valence-electron chi connectivity index (χ3n) is 9.96. The van der Waals surface area contributed by atoms with E-state index in [1.54, 1.807) is 24.2 Å². The first-order valence-corrected chi connectivity index (χ1v) is 17.0. The molecule has 4 aliphatic rings. The Bertz CT molecular complexity index is 1440. The van der Waals surface area contributed by atoms with Gasteiger partial charge in [0.15, 0.2) is 5.82 Å². The topological polar surface area (TPSA) is 126 Å². The highest BCUT2D eigenvalue weighted by atomic mass is 16.5. The zero-order chi connectivity index (χ0) is 32.6. The molecule has 4 heterocycles. The van der Waals surface area contributed by atoms with Crippen molar-refractivity contribution >= 4 is 35.0 Å². The van der Waals surface area contributed by atoms with Crippen LogP contribution in [0, 0.1) is 0 Å². The Balaban J connectivity index is 1.22. The number of β-amino-alcohol motifs (C(OH)–C–C–N with tert-alkyl or cyclic N) is 1. The minimum Gasteiger partial charge on any atom is -0.485 e. The second kappa shape index (κ2) is 13.3. The molecule has 1 aromatic carbocycles. The number of aromatic nitrogens is 2. The van der Waals surface area contributed by atoms with Crippen LogP contribution in [0.3, 0.4) is 0 Å². The SMILES string of the molecule is CCC1C(=O)N(C)c2cnc(Nc3ccc(C(=O)NC[C@H](O)CN4CCN(C)CC4)c4c3OC(C)(C)C4)nc2N1C1CCCCC1. The smallest absolute Gasteiger partial charge is 0.251 e. The number of nitrogens with one attached hydrogen (secondary N) is 2. The van der Waals surface area contributed by atoms with E-state index in [-0.39, 0.29) is 30.4 Å². The molecular weight excluding hydrogens is 584 g/mol. The first-order chi connectivity index (χ1) is 22.0. The highest BCUT2D eigenvalue weighted by molar-refractivity contribution is 6.04. The lowest BCUT2D eigenvalue weighted by molar-refractivity contribution is -0.120. The van der Waals surface area contributed by atoms with Crippen molar-refractivity contribution in [2.24, 2.45) is 0 Å². The van der Waals surface area contributed by atoms with Gasteiger partial charge in [0, 0.05) is 69.9 Å². The van der Waals surface area contributed by atoms with Crippen LogP contribution in [-0.2, 0) is 11.2 Å². The van der Waals surface area contributed by atoms with Gasteiger partial charge in [0.05, 0.1) is 18.0 Å². The first kappa shape index (κ1) is 32.5. The summed E-state index contributed by atoms with van der Waals surface area (Å²) in [6.07, 6.45) is 7.98. The van der Waals surface area contributed by atoms with Crippen molar-refractivity contribution in [3.63, 3.8) is 0 Å². The number of anilines is 4. The number of ether oxygens (including phenoxy) is 1. The van der Waals surface area contributed by atoms with E-state index < -0.39 is 11.7 Å². The number of likely N-dealkylation sites (N-methyl/N-ethyl adjacent to an activating group) is 2. The van der Waals surface area contributed by atoms with Crippen LogP contribution in [-0.4, -0.2) is 114 Å². The van der Waals surface area contributed by atoms with Gasteiger partial charge < -0.3 is 35.2 Å². The molecule has 2 aromatic rings. The number of carbonyl (C=O) groups is 2. The van der Waals surface area contributed by atoms with Gasteiger partial charge in [0.2, 0.25) is 11.9 Å². The number of hydrogen-bond acceptors (Lipinski definition) is 10. The maximum atomic E-state index is 13.4. The number of piperazine rings is 1. The van der Waals surface area contributed by atoms with E-state index in [2.05, 4.69) is 44.3 Å². The maximum Gasteiger partial charge on any atom is 0.251 e. The third-order valence-corrected chi connectivity index (χ3v) is 9.96. The average Bonchev–Trinajstić information content (AvgIpc) is 3.38. The fraction of sp³-hybridized carbons (Fsp3) is 0.647. The molecule has 12 heteroatoms. The summed E-state index contributed by atoms with van der Waals surface area (Å²) in [6, 6.07) is 3.65. The number of benzene rings is 1. The van der Waals surface area contributed by atoms with E-state index in [1.807, 2.05) is 19.9 Å². The Morgan fingerprint density at radius 2 is 1.87 bits per heavy atom. The number of carbonyl (C=O) groups excluding carboxylic acids is 2. The van der Waals surface area contributed by atoms with Gasteiger partial charge in [-0.05, 0) is 52.3 Å². The lowest BCUT2D eigenvalue weighted by atomic mass is 9.91. The number of aliphatic hydroxyl groups excluding tert-OH is 1. The molecule has 1 aromatic heterocycles. The summed E-state index contributed by atoms with van der Waals surface area (Å²) in [5, 5.41) is 17.0. The predicted molar refractivity (Wildman–Crippen MR) is 179 cm³/mol. The molecule has 0 radical (unpaired) electrons. The Hall–Kier alpha value is -3.48. The molecule has 3 N–H and O–H groups in total. The third kappa shape index (κ3) is 6.65. The van der Waals surface area contributed by atoms with Crippen molar-refractivity contribution in [1.29, 1.82) is 0 Å². The van der Waals surface area contributed by atoms with Crippen molar-refractivity contribution in [1.82, 2.24) is 25.1 Å². The molecule has 12 nitrogen and oxygen atoms in total. The van der Waals surface area contributed by atoms with Gasteiger partial charge >= 0.3 is 0 Å². The minimum absolute atomic E-state index is 0.0825. The highest BCUT2D eigenvalue weighted by Crippen LogP contribution is 2.44. The number of hydrogen-bond donors (Lipinski definition) is 3. The van der Waals surface area contributed by atoms with Gasteiger partial charge in [-0.1, -0.05) is 26.2 Å². The second-order valence-electron chi connectivity index (χ2n) is 14.0. The van der Waals surface area contributed by atoms with Crippen molar-refractivity contribution in [2.45, 2.75) is 89.5 Å². The van der Waals surface area contributed by atoms with Gasteiger partial charge in [-0.25, -0.2) is 4.98 Å². The van der Waals surface area contributed by atoms with Crippen molar-refractivity contribution < 1.29 is 19.4 Å². The van der Waals surface area contributed by atoms with Crippen LogP contribution in [0.15, 0.2) is 18.3 Å². The van der Waals surface area contributed by atoms with Crippen molar-refractivity contribution in [2.75, 3.05) is 68.5 Å². The van der Waals surface area contributed by atoms with E-state index >= 15 is 0 Å². The summed E-state index contributed by atoms with van der Waals surface area (Å²) in [5.41, 5.74) is 2.26. The Labute approximate surface area is 272 Å². The molecule has 0 spiro atoms. The Morgan fingerprint density at radius 1 is 1.13 bits per heavy atom. The van der Waals surface area contributed by atoms with Gasteiger partial charge in [0.1, 0.15) is 23.1 Å². The van der Waals surface area contributed by atoms with Crippen LogP contribution in [0.5, 0.6) is 5.75 Å². The normalized spacial score (nSPS) is 22.7. The molecule has 2 fully saturated rings. The maximum absolute atomic E-state index is 13.4. The number of amides is 2. The number of nitrogens with zero attached hydrogens (tertiary/aromatic N) is 6. The monoisotopic (exact) mass is 634 g/mol. The first-order valence-electron chi connectivity index (χ1n) is 17.0. The summed E-state index contributed by atoms with van der Waals surface area (Å²) in [4.78, 5) is 44.8. The minimum atomic E-state index is -0.648. The van der Waals surface area contributed by atoms with Crippen LogP contribution in [0.25, 0.3) is 0 Å². The standard InChI is InChI=1S/C34H50N8O4/c1-6-27-32(45)40(5)28-20-36-33(38-30(28)42(27)22-10-8-7-9-11-22)37-26-13-12-24(25-18-34(2,3)46-29(25)26)31(44)35-19-23(43)21-41-16-14-39(4)15-17-41/h12-13,20,22-23,27,43H,6-11,14-19,21H2,1-5H3,(H,35,44)(H,36,37,38)/t23-,27?/m0/s1. The number of fused-ring (bicyclic) bond motifs is 2. The molecule has 2 amide bonds. The van der Waals surface area contributed by atoms with E-state index in [0.717, 1.165) is 68.9 Å². The van der Waals surface area contributed by atoms with Crippen LogP contribution in [0.1, 0.15) is 75.2 Å².